The van der Waals surface area contributed by atoms with Crippen LogP contribution in [0.25, 0.3) is 10.7 Å². The highest BCUT2D eigenvalue weighted by Gasteiger charge is 2.32. The normalized spacial score (nSPS) is 14.6. The summed E-state index contributed by atoms with van der Waals surface area (Å²) in [6.07, 6.45) is -2.95. The molecule has 1 amide bonds. The van der Waals surface area contributed by atoms with Crippen molar-refractivity contribution < 1.29 is 27.9 Å². The smallest absolute Gasteiger partial charge is 0.416 e. The van der Waals surface area contributed by atoms with Crippen molar-refractivity contribution in [2.75, 3.05) is 31.1 Å². The fraction of sp³-hybridized carbons (Fsp3) is 0.333. The lowest BCUT2D eigenvalue weighted by Crippen LogP contribution is -2.48. The number of piperazine rings is 1. The molecule has 1 fully saturated rings. The molecule has 1 saturated heterocycles. The van der Waals surface area contributed by atoms with Crippen LogP contribution in [0.5, 0.6) is 0 Å². The first-order valence-electron chi connectivity index (χ1n) is 9.38. The van der Waals surface area contributed by atoms with Crippen molar-refractivity contribution in [1.82, 2.24) is 30.1 Å². The predicted octanol–water partition coefficient (Wildman–Crippen LogP) is 1.86. The van der Waals surface area contributed by atoms with Crippen molar-refractivity contribution in [2.45, 2.75) is 12.7 Å². The molecular formula is C18H16F3N7O3S. The Labute approximate surface area is 182 Å². The number of aliphatic carboxylic acids is 1. The molecule has 1 N–H and O–H groups in total. The number of tetrazole rings is 1. The third-order valence-electron chi connectivity index (χ3n) is 4.72. The molecule has 2 aromatic heterocycles. The number of nitrogens with zero attached hydrogens (tertiary/aromatic N) is 7. The van der Waals surface area contributed by atoms with E-state index in [4.69, 9.17) is 5.11 Å². The average molecular weight is 467 g/mol. The summed E-state index contributed by atoms with van der Waals surface area (Å²) in [6.45, 7) is 1.17. The first kappa shape index (κ1) is 21.7. The maximum atomic E-state index is 12.9. The van der Waals surface area contributed by atoms with E-state index in [1.807, 2.05) is 4.90 Å². The largest absolute Gasteiger partial charge is 0.480 e. The summed E-state index contributed by atoms with van der Waals surface area (Å²) in [5, 5.41) is 21.0. The highest BCUT2D eigenvalue weighted by molar-refractivity contribution is 7.18. The molecule has 4 rings (SSSR count). The van der Waals surface area contributed by atoms with Gasteiger partial charge in [0.15, 0.2) is 11.7 Å². The number of anilines is 1. The quantitative estimate of drug-likeness (QED) is 0.604. The molecule has 0 unspecified atom stereocenters. The molecule has 0 bridgehead atoms. The summed E-state index contributed by atoms with van der Waals surface area (Å²) in [5.74, 6) is -1.28. The number of thiazole rings is 1. The van der Waals surface area contributed by atoms with Crippen LogP contribution in [0.4, 0.5) is 18.3 Å². The van der Waals surface area contributed by atoms with Crippen molar-refractivity contribution in [3.05, 3.63) is 41.6 Å². The van der Waals surface area contributed by atoms with E-state index < -0.39 is 30.2 Å². The van der Waals surface area contributed by atoms with E-state index >= 15 is 0 Å². The van der Waals surface area contributed by atoms with Gasteiger partial charge >= 0.3 is 12.1 Å². The molecule has 1 aromatic carbocycles. The Morgan fingerprint density at radius 2 is 1.91 bits per heavy atom. The number of hydrogen-bond donors (Lipinski definition) is 1. The van der Waals surface area contributed by atoms with Gasteiger partial charge in [0.05, 0.1) is 16.6 Å². The maximum absolute atomic E-state index is 12.9. The molecule has 3 aromatic rings. The molecule has 3 heterocycles. The van der Waals surface area contributed by atoms with Crippen molar-refractivity contribution in [3.8, 4) is 10.7 Å². The van der Waals surface area contributed by atoms with Gasteiger partial charge in [0.25, 0.3) is 5.91 Å². The Morgan fingerprint density at radius 3 is 2.59 bits per heavy atom. The number of rotatable bonds is 5. The van der Waals surface area contributed by atoms with Crippen molar-refractivity contribution in [3.63, 3.8) is 0 Å². The molecular weight excluding hydrogens is 451 g/mol. The number of carboxylic acids is 1. The van der Waals surface area contributed by atoms with Gasteiger partial charge in [-0.25, -0.2) is 4.98 Å². The van der Waals surface area contributed by atoms with Gasteiger partial charge in [0.2, 0.25) is 5.82 Å². The van der Waals surface area contributed by atoms with E-state index in [1.54, 1.807) is 6.20 Å². The standard InChI is InChI=1S/C18H16F3N7O3S/c19-18(20,21)12-3-1-2-11(8-12)16(31)26-4-6-27(7-5-26)17-22-9-13(32-17)15-23-25-28(24-15)10-14(29)30/h1-3,8-9H,4-7,10H2,(H,29,30). The number of aromatic nitrogens is 5. The molecule has 168 valence electrons. The average Bonchev–Trinajstić information content (AvgIpc) is 3.42. The van der Waals surface area contributed by atoms with E-state index in [0.29, 0.717) is 36.2 Å². The van der Waals surface area contributed by atoms with Crippen molar-refractivity contribution >= 4 is 28.3 Å². The van der Waals surface area contributed by atoms with Crippen LogP contribution in [0.1, 0.15) is 15.9 Å². The molecule has 0 spiro atoms. The van der Waals surface area contributed by atoms with E-state index in [2.05, 4.69) is 20.4 Å². The summed E-state index contributed by atoms with van der Waals surface area (Å²) in [5.41, 5.74) is -0.855. The van der Waals surface area contributed by atoms with Gasteiger partial charge in [-0.2, -0.15) is 18.0 Å². The monoisotopic (exact) mass is 467 g/mol. The molecule has 0 radical (unpaired) electrons. The summed E-state index contributed by atoms with van der Waals surface area (Å²) < 4.78 is 38.7. The van der Waals surface area contributed by atoms with Crippen LogP contribution < -0.4 is 4.90 Å². The maximum Gasteiger partial charge on any atom is 0.416 e. The zero-order valence-electron chi connectivity index (χ0n) is 16.4. The molecule has 32 heavy (non-hydrogen) atoms. The molecule has 0 atom stereocenters. The molecule has 1 aliphatic heterocycles. The van der Waals surface area contributed by atoms with Gasteiger partial charge in [0, 0.05) is 31.7 Å². The fourth-order valence-corrected chi connectivity index (χ4v) is 4.05. The van der Waals surface area contributed by atoms with Gasteiger partial charge in [-0.1, -0.05) is 17.4 Å². The Kier molecular flexibility index (Phi) is 5.78. The van der Waals surface area contributed by atoms with Crippen LogP contribution in [0.3, 0.4) is 0 Å². The summed E-state index contributed by atoms with van der Waals surface area (Å²) >= 11 is 1.30. The third-order valence-corrected chi connectivity index (χ3v) is 5.77. The first-order valence-corrected chi connectivity index (χ1v) is 10.2. The number of benzene rings is 1. The van der Waals surface area contributed by atoms with Crippen molar-refractivity contribution in [1.29, 1.82) is 0 Å². The van der Waals surface area contributed by atoms with E-state index in [-0.39, 0.29) is 11.4 Å². The number of carbonyl (C=O) groups is 2. The molecule has 0 aliphatic carbocycles. The first-order chi connectivity index (χ1) is 15.2. The minimum atomic E-state index is -4.51. The second-order valence-corrected chi connectivity index (χ2v) is 7.91. The van der Waals surface area contributed by atoms with E-state index in [9.17, 15) is 22.8 Å². The van der Waals surface area contributed by atoms with Gasteiger partial charge in [-0.15, -0.1) is 10.2 Å². The zero-order valence-corrected chi connectivity index (χ0v) is 17.2. The van der Waals surface area contributed by atoms with Crippen LogP contribution in [0.2, 0.25) is 0 Å². The van der Waals surface area contributed by atoms with Crippen LogP contribution >= 0.6 is 11.3 Å². The molecule has 10 nitrogen and oxygen atoms in total. The SMILES string of the molecule is O=C(O)Cn1nnc(-c2cnc(N3CCN(C(=O)c4cccc(C(F)(F)F)c4)CC3)s2)n1. The minimum absolute atomic E-state index is 0.000307. The lowest BCUT2D eigenvalue weighted by atomic mass is 10.1. The number of carboxylic acid groups (broad SMARTS) is 1. The van der Waals surface area contributed by atoms with Gasteiger partial charge in [-0.05, 0) is 23.4 Å². The lowest BCUT2D eigenvalue weighted by molar-refractivity contribution is -0.138. The molecule has 1 aliphatic rings. The van der Waals surface area contributed by atoms with Gasteiger partial charge in [0.1, 0.15) is 0 Å². The second kappa shape index (κ2) is 8.53. The zero-order chi connectivity index (χ0) is 22.9. The second-order valence-electron chi connectivity index (χ2n) is 6.90. The number of carbonyl (C=O) groups excluding carboxylic acids is 1. The Balaban J connectivity index is 1.39. The third kappa shape index (κ3) is 4.69. The van der Waals surface area contributed by atoms with Gasteiger partial charge < -0.3 is 14.9 Å². The van der Waals surface area contributed by atoms with Crippen LogP contribution in [-0.2, 0) is 17.5 Å². The molecule has 14 heteroatoms. The lowest BCUT2D eigenvalue weighted by Gasteiger charge is -2.34. The summed E-state index contributed by atoms with van der Waals surface area (Å²) in [6, 6.07) is 4.40. The topological polar surface area (TPSA) is 117 Å². The van der Waals surface area contributed by atoms with Crippen LogP contribution in [-0.4, -0.2) is 73.3 Å². The van der Waals surface area contributed by atoms with Crippen molar-refractivity contribution in [2.24, 2.45) is 0 Å². The minimum Gasteiger partial charge on any atom is -0.480 e. The van der Waals surface area contributed by atoms with E-state index in [0.717, 1.165) is 16.9 Å². The van der Waals surface area contributed by atoms with E-state index in [1.165, 1.54) is 28.4 Å². The summed E-state index contributed by atoms with van der Waals surface area (Å²) in [4.78, 5) is 32.8. The van der Waals surface area contributed by atoms with Crippen LogP contribution in [0.15, 0.2) is 30.5 Å². The number of amides is 1. The van der Waals surface area contributed by atoms with Gasteiger partial charge in [-0.3, -0.25) is 9.59 Å². The number of hydrogen-bond acceptors (Lipinski definition) is 8. The fourth-order valence-electron chi connectivity index (χ4n) is 3.16. The Morgan fingerprint density at radius 1 is 1.16 bits per heavy atom. The Bertz CT molecular complexity index is 1140. The Hall–Kier alpha value is -3.55. The summed E-state index contributed by atoms with van der Waals surface area (Å²) in [7, 11) is 0. The molecule has 0 saturated carbocycles. The van der Waals surface area contributed by atoms with Crippen LogP contribution in [0, 0.1) is 0 Å². The number of alkyl halides is 3. The predicted molar refractivity (Wildman–Crippen MR) is 106 cm³/mol. The number of halogens is 3. The highest BCUT2D eigenvalue weighted by atomic mass is 32.1. The highest BCUT2D eigenvalue weighted by Crippen LogP contribution is 2.31.